The van der Waals surface area contributed by atoms with Crippen LogP contribution in [0.1, 0.15) is 27.2 Å². The molecule has 21 heavy (non-hydrogen) atoms. The van der Waals surface area contributed by atoms with Crippen LogP contribution in [0.4, 0.5) is 4.79 Å². The Bertz CT molecular complexity index is 469. The molecule has 0 aliphatic carbocycles. The van der Waals surface area contributed by atoms with E-state index in [2.05, 4.69) is 4.74 Å². The summed E-state index contributed by atoms with van der Waals surface area (Å²) in [6.45, 7) is 4.34. The van der Waals surface area contributed by atoms with Crippen molar-refractivity contribution < 1.29 is 29.0 Å². The van der Waals surface area contributed by atoms with Gasteiger partial charge in [-0.15, -0.1) is 0 Å². The molecule has 0 spiro atoms. The highest BCUT2D eigenvalue weighted by atomic mass is 16.5. The number of hydrogen-bond acceptors (Lipinski definition) is 5. The van der Waals surface area contributed by atoms with E-state index < -0.39 is 23.9 Å². The average molecular weight is 300 g/mol. The van der Waals surface area contributed by atoms with E-state index in [1.807, 2.05) is 5.32 Å². The number of aliphatic carboxylic acids is 1. The minimum absolute atomic E-state index is 0.0784. The number of ether oxygens (including phenoxy) is 1. The molecule has 0 aromatic rings. The molecule has 0 aliphatic heterocycles. The number of amides is 3. The summed E-state index contributed by atoms with van der Waals surface area (Å²) < 4.78 is 4.47. The van der Waals surface area contributed by atoms with Gasteiger partial charge in [-0.1, -0.05) is 6.92 Å². The molecule has 0 saturated heterocycles. The molecular formula is C13H20N2O6. The summed E-state index contributed by atoms with van der Waals surface area (Å²) in [5, 5.41) is 10.8. The predicted molar refractivity (Wildman–Crippen MR) is 73.4 cm³/mol. The van der Waals surface area contributed by atoms with Gasteiger partial charge in [-0.3, -0.25) is 14.9 Å². The molecule has 8 nitrogen and oxygen atoms in total. The monoisotopic (exact) mass is 300 g/mol. The highest BCUT2D eigenvalue weighted by molar-refractivity contribution is 6.07. The van der Waals surface area contributed by atoms with Crippen LogP contribution in [-0.4, -0.2) is 54.1 Å². The van der Waals surface area contributed by atoms with E-state index in [4.69, 9.17) is 5.11 Å². The third kappa shape index (κ3) is 6.07. The molecule has 118 valence electrons. The van der Waals surface area contributed by atoms with Gasteiger partial charge in [-0.05, 0) is 20.3 Å². The van der Waals surface area contributed by atoms with E-state index in [9.17, 15) is 19.2 Å². The van der Waals surface area contributed by atoms with Gasteiger partial charge < -0.3 is 14.7 Å². The Morgan fingerprint density at radius 1 is 1.14 bits per heavy atom. The number of carbonyl (C=O) groups is 4. The van der Waals surface area contributed by atoms with Gasteiger partial charge >= 0.3 is 18.0 Å². The van der Waals surface area contributed by atoms with Gasteiger partial charge in [0, 0.05) is 17.7 Å². The molecule has 0 heterocycles. The van der Waals surface area contributed by atoms with Crippen LogP contribution in [0.3, 0.4) is 0 Å². The SMILES string of the molecule is CCCN(CC(=O)OC)C(=O)NC(=O)C(C)=C(C)C(=O)O. The molecule has 0 aliphatic rings. The zero-order valence-corrected chi connectivity index (χ0v) is 12.6. The number of nitrogens with one attached hydrogen (secondary N) is 1. The Balaban J connectivity index is 4.91. The van der Waals surface area contributed by atoms with Crippen molar-refractivity contribution in [1.82, 2.24) is 10.2 Å². The van der Waals surface area contributed by atoms with Gasteiger partial charge in [-0.2, -0.15) is 0 Å². The third-order valence-electron chi connectivity index (χ3n) is 2.77. The van der Waals surface area contributed by atoms with Crippen molar-refractivity contribution in [2.24, 2.45) is 0 Å². The third-order valence-corrected chi connectivity index (χ3v) is 2.77. The first-order chi connectivity index (χ1) is 9.74. The second kappa shape index (κ2) is 8.72. The van der Waals surface area contributed by atoms with Crippen LogP contribution in [0.5, 0.6) is 0 Å². The summed E-state index contributed by atoms with van der Waals surface area (Å²) in [5.74, 6) is -2.67. The lowest BCUT2D eigenvalue weighted by Gasteiger charge is -2.20. The van der Waals surface area contributed by atoms with Gasteiger partial charge in [0.2, 0.25) is 0 Å². The highest BCUT2D eigenvalue weighted by Crippen LogP contribution is 2.04. The molecule has 0 rings (SSSR count). The fourth-order valence-corrected chi connectivity index (χ4v) is 1.34. The molecule has 0 unspecified atom stereocenters. The van der Waals surface area contributed by atoms with E-state index in [0.29, 0.717) is 6.42 Å². The fourth-order valence-electron chi connectivity index (χ4n) is 1.34. The van der Waals surface area contributed by atoms with Gasteiger partial charge in [0.25, 0.3) is 5.91 Å². The van der Waals surface area contributed by atoms with E-state index in [-0.39, 0.29) is 24.2 Å². The molecule has 3 amide bonds. The van der Waals surface area contributed by atoms with E-state index in [1.54, 1.807) is 6.92 Å². The Hall–Kier alpha value is -2.38. The topological polar surface area (TPSA) is 113 Å². The van der Waals surface area contributed by atoms with Gasteiger partial charge in [0.15, 0.2) is 0 Å². The van der Waals surface area contributed by atoms with E-state index >= 15 is 0 Å². The Morgan fingerprint density at radius 3 is 2.14 bits per heavy atom. The maximum absolute atomic E-state index is 11.9. The van der Waals surface area contributed by atoms with Crippen molar-refractivity contribution in [3.8, 4) is 0 Å². The number of hydrogen-bond donors (Lipinski definition) is 2. The van der Waals surface area contributed by atoms with E-state index in [1.165, 1.54) is 21.0 Å². The number of urea groups is 1. The number of carbonyl (C=O) groups excluding carboxylic acids is 3. The van der Waals surface area contributed by atoms with Crippen molar-refractivity contribution in [1.29, 1.82) is 0 Å². The van der Waals surface area contributed by atoms with Gasteiger partial charge in [0.05, 0.1) is 7.11 Å². The lowest BCUT2D eigenvalue weighted by molar-refractivity contribution is -0.141. The average Bonchev–Trinajstić information content (AvgIpc) is 2.44. The highest BCUT2D eigenvalue weighted by Gasteiger charge is 2.21. The van der Waals surface area contributed by atoms with E-state index in [0.717, 1.165) is 4.90 Å². The molecule has 0 saturated carbocycles. The number of methoxy groups -OCH3 is 1. The van der Waals surface area contributed by atoms with Gasteiger partial charge in [-0.25, -0.2) is 9.59 Å². The first kappa shape index (κ1) is 18.6. The normalized spacial score (nSPS) is 11.2. The van der Waals surface area contributed by atoms with Crippen molar-refractivity contribution in [2.75, 3.05) is 20.2 Å². The quantitative estimate of drug-likeness (QED) is 0.546. The second-order valence-corrected chi connectivity index (χ2v) is 4.31. The largest absolute Gasteiger partial charge is 0.478 e. The molecule has 0 radical (unpaired) electrons. The minimum Gasteiger partial charge on any atom is -0.478 e. The number of carboxylic acids is 1. The van der Waals surface area contributed by atoms with Crippen LogP contribution in [0.25, 0.3) is 0 Å². The first-order valence-corrected chi connectivity index (χ1v) is 6.32. The number of nitrogens with zero attached hydrogens (tertiary/aromatic N) is 1. The van der Waals surface area contributed by atoms with Crippen LogP contribution in [0, 0.1) is 0 Å². The molecule has 8 heteroatoms. The number of imide groups is 1. The fraction of sp³-hybridized carbons (Fsp3) is 0.538. The molecule has 0 aromatic carbocycles. The number of rotatable bonds is 6. The lowest BCUT2D eigenvalue weighted by atomic mass is 10.1. The molecule has 0 fully saturated rings. The maximum atomic E-state index is 11.9. The van der Waals surface area contributed by atoms with Crippen LogP contribution < -0.4 is 5.32 Å². The van der Waals surface area contributed by atoms with Crippen molar-refractivity contribution >= 4 is 23.9 Å². The molecular weight excluding hydrogens is 280 g/mol. The summed E-state index contributed by atoms with van der Waals surface area (Å²) in [5.41, 5.74) is -0.235. The van der Waals surface area contributed by atoms with Crippen LogP contribution in [0.2, 0.25) is 0 Å². The standard InChI is InChI=1S/C13H20N2O6/c1-5-6-15(7-10(16)21-4)13(20)14-11(17)8(2)9(3)12(18)19/h5-7H2,1-4H3,(H,18,19)(H,14,17,20). The maximum Gasteiger partial charge on any atom is 0.331 e. The predicted octanol–water partition coefficient (Wildman–Crippen LogP) is 0.529. The summed E-state index contributed by atoms with van der Waals surface area (Å²) in [6.07, 6.45) is 0.585. The summed E-state index contributed by atoms with van der Waals surface area (Å²) in [6, 6.07) is -0.773. The Kier molecular flexibility index (Phi) is 7.74. The van der Waals surface area contributed by atoms with Crippen LogP contribution in [-0.2, 0) is 19.1 Å². The summed E-state index contributed by atoms with van der Waals surface area (Å²) >= 11 is 0. The molecule has 2 N–H and O–H groups in total. The molecule has 0 atom stereocenters. The second-order valence-electron chi connectivity index (χ2n) is 4.31. The van der Waals surface area contributed by atoms with Crippen molar-refractivity contribution in [3.63, 3.8) is 0 Å². The Labute approximate surface area is 122 Å². The number of esters is 1. The molecule has 0 bridgehead atoms. The minimum atomic E-state index is -1.24. The number of carboxylic acid groups (broad SMARTS) is 1. The summed E-state index contributed by atoms with van der Waals surface area (Å²) in [7, 11) is 1.19. The zero-order valence-electron chi connectivity index (χ0n) is 12.6. The smallest absolute Gasteiger partial charge is 0.331 e. The van der Waals surface area contributed by atoms with Crippen molar-refractivity contribution in [2.45, 2.75) is 27.2 Å². The zero-order chi connectivity index (χ0) is 16.6. The van der Waals surface area contributed by atoms with Crippen LogP contribution >= 0.6 is 0 Å². The molecule has 0 aromatic heterocycles. The van der Waals surface area contributed by atoms with Gasteiger partial charge in [0.1, 0.15) is 6.54 Å². The lowest BCUT2D eigenvalue weighted by Crippen LogP contribution is -2.46. The van der Waals surface area contributed by atoms with Crippen LogP contribution in [0.15, 0.2) is 11.1 Å². The first-order valence-electron chi connectivity index (χ1n) is 6.32. The van der Waals surface area contributed by atoms with Crippen molar-refractivity contribution in [3.05, 3.63) is 11.1 Å². The summed E-state index contributed by atoms with van der Waals surface area (Å²) in [4.78, 5) is 46.8. The Morgan fingerprint density at radius 2 is 1.71 bits per heavy atom.